The van der Waals surface area contributed by atoms with Crippen LogP contribution in [0.2, 0.25) is 0 Å². The predicted molar refractivity (Wildman–Crippen MR) is 62.9 cm³/mol. The summed E-state index contributed by atoms with van der Waals surface area (Å²) in [6, 6.07) is 6.93. The summed E-state index contributed by atoms with van der Waals surface area (Å²) in [5, 5.41) is 9.60. The van der Waals surface area contributed by atoms with Gasteiger partial charge in [0.15, 0.2) is 5.78 Å². The van der Waals surface area contributed by atoms with Crippen molar-refractivity contribution in [3.63, 3.8) is 0 Å². The van der Waals surface area contributed by atoms with Crippen LogP contribution in [0.5, 0.6) is 5.75 Å². The molecule has 0 amide bonds. The van der Waals surface area contributed by atoms with Crippen LogP contribution in [0.4, 0.5) is 0 Å². The highest BCUT2D eigenvalue weighted by atomic mass is 16.5. The fraction of sp³-hybridized carbons (Fsp3) is 0.462. The monoisotopic (exact) mass is 222 g/mol. The lowest BCUT2D eigenvalue weighted by atomic mass is 10.0. The predicted octanol–water partition coefficient (Wildman–Crippen LogP) is 2.43. The second-order valence-corrected chi connectivity index (χ2v) is 3.63. The van der Waals surface area contributed by atoms with E-state index in [9.17, 15) is 9.90 Å². The molecule has 0 aliphatic heterocycles. The molecule has 1 unspecified atom stereocenters. The Bertz CT molecular complexity index is 347. The molecule has 3 nitrogen and oxygen atoms in total. The molecule has 1 atom stereocenters. The normalized spacial score (nSPS) is 12.2. The van der Waals surface area contributed by atoms with E-state index in [1.165, 1.54) is 0 Å². The molecule has 0 heterocycles. The van der Waals surface area contributed by atoms with Crippen LogP contribution >= 0.6 is 0 Å². The highest BCUT2D eigenvalue weighted by molar-refractivity contribution is 5.99. The van der Waals surface area contributed by atoms with Crippen LogP contribution in [0, 0.1) is 0 Å². The average Bonchev–Trinajstić information content (AvgIpc) is 2.29. The smallest absolute Gasteiger partial charge is 0.191 e. The first kappa shape index (κ1) is 12.7. The standard InChI is InChI=1S/C13H18O3/c1-3-6-12(14)13(15)10-7-5-8-11(9-10)16-4-2/h5,7-9,12,14H,3-4,6H2,1-2H3. The van der Waals surface area contributed by atoms with Crippen LogP contribution in [-0.4, -0.2) is 23.6 Å². The molecule has 0 radical (unpaired) electrons. The largest absolute Gasteiger partial charge is 0.494 e. The van der Waals surface area contributed by atoms with Crippen molar-refractivity contribution in [2.75, 3.05) is 6.61 Å². The third-order valence-electron chi connectivity index (χ3n) is 2.29. The summed E-state index contributed by atoms with van der Waals surface area (Å²) >= 11 is 0. The van der Waals surface area contributed by atoms with Gasteiger partial charge in [-0.3, -0.25) is 4.79 Å². The van der Waals surface area contributed by atoms with Gasteiger partial charge in [-0.25, -0.2) is 0 Å². The summed E-state index contributed by atoms with van der Waals surface area (Å²) in [6.45, 7) is 4.39. The Morgan fingerprint density at radius 2 is 2.19 bits per heavy atom. The van der Waals surface area contributed by atoms with Crippen molar-refractivity contribution >= 4 is 5.78 Å². The average molecular weight is 222 g/mol. The number of carbonyl (C=O) groups is 1. The van der Waals surface area contributed by atoms with Gasteiger partial charge in [0.2, 0.25) is 0 Å². The van der Waals surface area contributed by atoms with Gasteiger partial charge in [0.25, 0.3) is 0 Å². The van der Waals surface area contributed by atoms with Gasteiger partial charge >= 0.3 is 0 Å². The van der Waals surface area contributed by atoms with E-state index in [1.807, 2.05) is 13.8 Å². The zero-order valence-corrected chi connectivity index (χ0v) is 9.77. The first-order valence-corrected chi connectivity index (χ1v) is 5.64. The molecule has 0 spiro atoms. The minimum atomic E-state index is -0.901. The SMILES string of the molecule is CCCC(O)C(=O)c1cccc(OCC)c1. The summed E-state index contributed by atoms with van der Waals surface area (Å²) < 4.78 is 5.30. The summed E-state index contributed by atoms with van der Waals surface area (Å²) in [5.74, 6) is 0.431. The Balaban J connectivity index is 2.78. The van der Waals surface area contributed by atoms with Crippen molar-refractivity contribution in [3.05, 3.63) is 29.8 Å². The maximum Gasteiger partial charge on any atom is 0.191 e. The maximum absolute atomic E-state index is 11.8. The lowest BCUT2D eigenvalue weighted by Crippen LogP contribution is -2.20. The Kier molecular flexibility index (Phi) is 4.99. The Morgan fingerprint density at radius 1 is 1.44 bits per heavy atom. The van der Waals surface area contributed by atoms with Crippen LogP contribution in [0.25, 0.3) is 0 Å². The van der Waals surface area contributed by atoms with Gasteiger partial charge in [0.05, 0.1) is 6.61 Å². The van der Waals surface area contributed by atoms with E-state index < -0.39 is 6.10 Å². The lowest BCUT2D eigenvalue weighted by molar-refractivity contribution is 0.0729. The van der Waals surface area contributed by atoms with E-state index in [1.54, 1.807) is 24.3 Å². The van der Waals surface area contributed by atoms with Crippen molar-refractivity contribution in [2.24, 2.45) is 0 Å². The van der Waals surface area contributed by atoms with Crippen LogP contribution in [0.3, 0.4) is 0 Å². The first-order chi connectivity index (χ1) is 7.69. The topological polar surface area (TPSA) is 46.5 Å². The van der Waals surface area contributed by atoms with E-state index in [4.69, 9.17) is 4.74 Å². The van der Waals surface area contributed by atoms with Crippen LogP contribution in [0.1, 0.15) is 37.0 Å². The Morgan fingerprint density at radius 3 is 2.81 bits per heavy atom. The third kappa shape index (κ3) is 3.35. The zero-order chi connectivity index (χ0) is 12.0. The molecule has 0 aliphatic carbocycles. The molecular weight excluding hydrogens is 204 g/mol. The van der Waals surface area contributed by atoms with Gasteiger partial charge in [0.1, 0.15) is 11.9 Å². The fourth-order valence-electron chi connectivity index (χ4n) is 1.50. The van der Waals surface area contributed by atoms with Gasteiger partial charge in [0, 0.05) is 5.56 Å². The summed E-state index contributed by atoms with van der Waals surface area (Å²) in [6.07, 6.45) is 0.386. The molecule has 1 rings (SSSR count). The van der Waals surface area contributed by atoms with Crippen LogP contribution < -0.4 is 4.74 Å². The number of aliphatic hydroxyl groups is 1. The van der Waals surface area contributed by atoms with Crippen molar-refractivity contribution in [1.82, 2.24) is 0 Å². The molecule has 0 saturated carbocycles. The number of aliphatic hydroxyl groups excluding tert-OH is 1. The van der Waals surface area contributed by atoms with Gasteiger partial charge in [-0.05, 0) is 25.5 Å². The molecule has 0 saturated heterocycles. The number of Topliss-reactive ketones (excluding diaryl/α,β-unsaturated/α-hetero) is 1. The quantitative estimate of drug-likeness (QED) is 0.752. The molecule has 16 heavy (non-hydrogen) atoms. The molecule has 3 heteroatoms. The fourth-order valence-corrected chi connectivity index (χ4v) is 1.50. The molecule has 1 aromatic carbocycles. The van der Waals surface area contributed by atoms with Crippen LogP contribution in [0.15, 0.2) is 24.3 Å². The highest BCUT2D eigenvalue weighted by Crippen LogP contribution is 2.15. The van der Waals surface area contributed by atoms with Gasteiger partial charge < -0.3 is 9.84 Å². The Labute approximate surface area is 96.1 Å². The van der Waals surface area contributed by atoms with Gasteiger partial charge in [-0.1, -0.05) is 25.5 Å². The molecule has 0 aromatic heterocycles. The molecule has 0 aliphatic rings. The van der Waals surface area contributed by atoms with Crippen molar-refractivity contribution in [2.45, 2.75) is 32.8 Å². The first-order valence-electron chi connectivity index (χ1n) is 5.64. The minimum Gasteiger partial charge on any atom is -0.494 e. The number of benzene rings is 1. The molecule has 0 fully saturated rings. The minimum absolute atomic E-state index is 0.233. The van der Waals surface area contributed by atoms with Gasteiger partial charge in [-0.15, -0.1) is 0 Å². The van der Waals surface area contributed by atoms with E-state index >= 15 is 0 Å². The van der Waals surface area contributed by atoms with E-state index in [-0.39, 0.29) is 5.78 Å². The number of hydrogen-bond acceptors (Lipinski definition) is 3. The number of carbonyl (C=O) groups excluding carboxylic acids is 1. The van der Waals surface area contributed by atoms with E-state index in [0.717, 1.165) is 6.42 Å². The van der Waals surface area contributed by atoms with Crippen LogP contribution in [-0.2, 0) is 0 Å². The van der Waals surface area contributed by atoms with Crippen molar-refractivity contribution in [1.29, 1.82) is 0 Å². The highest BCUT2D eigenvalue weighted by Gasteiger charge is 2.16. The second kappa shape index (κ2) is 6.28. The number of rotatable bonds is 6. The summed E-state index contributed by atoms with van der Waals surface area (Å²) in [7, 11) is 0. The van der Waals surface area contributed by atoms with Crippen molar-refractivity contribution in [3.8, 4) is 5.75 Å². The summed E-state index contributed by atoms with van der Waals surface area (Å²) in [5.41, 5.74) is 0.506. The molecule has 88 valence electrons. The van der Waals surface area contributed by atoms with E-state index in [0.29, 0.717) is 24.3 Å². The number of ether oxygens (including phenoxy) is 1. The Hall–Kier alpha value is -1.35. The molecule has 1 N–H and O–H groups in total. The third-order valence-corrected chi connectivity index (χ3v) is 2.29. The number of hydrogen-bond donors (Lipinski definition) is 1. The molecular formula is C13H18O3. The number of ketones is 1. The second-order valence-electron chi connectivity index (χ2n) is 3.63. The summed E-state index contributed by atoms with van der Waals surface area (Å²) in [4.78, 5) is 11.8. The lowest BCUT2D eigenvalue weighted by Gasteiger charge is -2.09. The van der Waals surface area contributed by atoms with Crippen molar-refractivity contribution < 1.29 is 14.6 Å². The molecule has 0 bridgehead atoms. The maximum atomic E-state index is 11.8. The zero-order valence-electron chi connectivity index (χ0n) is 9.77. The van der Waals surface area contributed by atoms with Gasteiger partial charge in [-0.2, -0.15) is 0 Å². The van der Waals surface area contributed by atoms with E-state index in [2.05, 4.69) is 0 Å². The molecule has 1 aromatic rings.